The van der Waals surface area contributed by atoms with Crippen LogP contribution >= 0.6 is 11.6 Å². The predicted octanol–water partition coefficient (Wildman–Crippen LogP) is 4.00. The van der Waals surface area contributed by atoms with Crippen molar-refractivity contribution in [2.24, 2.45) is 17.0 Å². The van der Waals surface area contributed by atoms with Gasteiger partial charge in [-0.2, -0.15) is 0 Å². The summed E-state index contributed by atoms with van der Waals surface area (Å²) >= 11 is 6.01. The van der Waals surface area contributed by atoms with Gasteiger partial charge in [-0.05, 0) is 47.7 Å². The van der Waals surface area contributed by atoms with Gasteiger partial charge in [-0.15, -0.1) is 0 Å². The van der Waals surface area contributed by atoms with Crippen molar-refractivity contribution in [1.82, 2.24) is 10.6 Å². The Balaban J connectivity index is 1.34. The summed E-state index contributed by atoms with van der Waals surface area (Å²) < 4.78 is 23.8. The fourth-order valence-electron chi connectivity index (χ4n) is 4.63. The second-order valence-electron chi connectivity index (χ2n) is 8.95. The fourth-order valence-corrected chi connectivity index (χ4v) is 5.60. The highest BCUT2D eigenvalue weighted by molar-refractivity contribution is 7.89. The molecule has 1 saturated carbocycles. The van der Waals surface area contributed by atoms with Crippen molar-refractivity contribution < 1.29 is 18.0 Å². The van der Waals surface area contributed by atoms with Gasteiger partial charge in [-0.25, -0.2) is 13.6 Å². The Hall–Kier alpha value is -3.20. The molecule has 2 amide bonds. The number of nitrogens with one attached hydrogen (secondary N) is 2. The zero-order chi connectivity index (χ0) is 25.7. The summed E-state index contributed by atoms with van der Waals surface area (Å²) in [7, 11) is -3.85. The summed E-state index contributed by atoms with van der Waals surface area (Å²) in [4.78, 5) is 25.8. The molecule has 1 fully saturated rings. The predicted molar refractivity (Wildman–Crippen MR) is 139 cm³/mol. The van der Waals surface area contributed by atoms with E-state index in [2.05, 4.69) is 10.6 Å². The summed E-state index contributed by atoms with van der Waals surface area (Å²) in [6.45, 7) is 0.675. The van der Waals surface area contributed by atoms with Gasteiger partial charge in [0.15, 0.2) is 0 Å². The highest BCUT2D eigenvalue weighted by atomic mass is 35.5. The van der Waals surface area contributed by atoms with Crippen LogP contribution in [0.5, 0.6) is 0 Å². The number of hydrogen-bond donors (Lipinski definition) is 3. The first-order valence-electron chi connectivity index (χ1n) is 11.7. The normalized spacial score (nSPS) is 17.5. The van der Waals surface area contributed by atoms with Gasteiger partial charge in [-0.3, -0.25) is 9.59 Å². The molecule has 0 spiro atoms. The molecule has 2 atom stereocenters. The van der Waals surface area contributed by atoms with Crippen LogP contribution in [0.2, 0.25) is 5.02 Å². The third-order valence-corrected chi connectivity index (χ3v) is 7.67. The number of halogens is 1. The van der Waals surface area contributed by atoms with Crippen molar-refractivity contribution in [3.63, 3.8) is 0 Å². The smallest absolute Gasteiger partial charge is 0.238 e. The van der Waals surface area contributed by atoms with Gasteiger partial charge in [-0.1, -0.05) is 72.6 Å². The number of carbonyl (C=O) groups excluding carboxylic acids is 2. The monoisotopic (exact) mass is 525 g/mol. The lowest BCUT2D eigenvalue weighted by Gasteiger charge is -2.19. The zero-order valence-corrected chi connectivity index (χ0v) is 21.2. The molecule has 4 N–H and O–H groups in total. The topological polar surface area (TPSA) is 118 Å². The van der Waals surface area contributed by atoms with E-state index in [-0.39, 0.29) is 28.5 Å². The number of rotatable bonds is 8. The fraction of sp³-hybridized carbons (Fsp3) is 0.259. The Morgan fingerprint density at radius 1 is 0.833 bits per heavy atom. The average Bonchev–Trinajstić information content (AvgIpc) is 3.36. The van der Waals surface area contributed by atoms with Crippen LogP contribution in [0.15, 0.2) is 77.7 Å². The number of carbonyl (C=O) groups is 2. The maximum Gasteiger partial charge on any atom is 0.238 e. The molecule has 3 aromatic carbocycles. The molecule has 0 heterocycles. The minimum absolute atomic E-state index is 0.0620. The van der Waals surface area contributed by atoms with Gasteiger partial charge >= 0.3 is 0 Å². The van der Waals surface area contributed by atoms with E-state index in [0.29, 0.717) is 42.1 Å². The Kier molecular flexibility index (Phi) is 8.08. The first kappa shape index (κ1) is 25.9. The van der Waals surface area contributed by atoms with Crippen molar-refractivity contribution >= 4 is 33.4 Å². The van der Waals surface area contributed by atoms with Gasteiger partial charge in [0, 0.05) is 35.5 Å². The highest BCUT2D eigenvalue weighted by Crippen LogP contribution is 2.32. The van der Waals surface area contributed by atoms with E-state index >= 15 is 0 Å². The number of hydrogen-bond acceptors (Lipinski definition) is 4. The molecule has 4 rings (SSSR count). The van der Waals surface area contributed by atoms with Crippen LogP contribution in [0.1, 0.15) is 30.4 Å². The SMILES string of the molecule is NS(=O)(=O)c1ccccc1-c1ccc(CNC(=O)C2CCCC2C(=O)NCc2cccc(Cl)c2)cc1. The van der Waals surface area contributed by atoms with E-state index in [1.165, 1.54) is 6.07 Å². The zero-order valence-electron chi connectivity index (χ0n) is 19.6. The molecule has 2 unspecified atom stereocenters. The van der Waals surface area contributed by atoms with Crippen molar-refractivity contribution in [1.29, 1.82) is 0 Å². The molecule has 1 aliphatic rings. The Bertz CT molecular complexity index is 1360. The van der Waals surface area contributed by atoms with Crippen LogP contribution in [0.25, 0.3) is 11.1 Å². The second kappa shape index (κ2) is 11.2. The van der Waals surface area contributed by atoms with Crippen LogP contribution < -0.4 is 15.8 Å². The summed E-state index contributed by atoms with van der Waals surface area (Å²) in [5, 5.41) is 11.8. The van der Waals surface area contributed by atoms with E-state index in [0.717, 1.165) is 17.5 Å². The lowest BCUT2D eigenvalue weighted by molar-refractivity contribution is -0.133. The van der Waals surface area contributed by atoms with E-state index in [9.17, 15) is 18.0 Å². The van der Waals surface area contributed by atoms with Crippen molar-refractivity contribution in [3.8, 4) is 11.1 Å². The standard InChI is InChI=1S/C27H28ClN3O4S/c28-21-6-3-5-19(15-21)17-31-27(33)24-9-4-8-23(24)26(32)30-16-18-11-13-20(14-12-18)22-7-1-2-10-25(22)36(29,34)35/h1-3,5-7,10-15,23-24H,4,8-9,16-17H2,(H,30,32)(H,31,33)(H2,29,34,35). The molecule has 9 heteroatoms. The molecule has 0 bridgehead atoms. The molecule has 0 aliphatic heterocycles. The average molecular weight is 526 g/mol. The van der Waals surface area contributed by atoms with Gasteiger partial charge in [0.2, 0.25) is 21.8 Å². The number of benzene rings is 3. The lowest BCUT2D eigenvalue weighted by atomic mass is 9.94. The first-order chi connectivity index (χ1) is 17.2. The summed E-state index contributed by atoms with van der Waals surface area (Å²) in [5.41, 5.74) is 3.00. The van der Waals surface area contributed by atoms with E-state index in [1.807, 2.05) is 24.3 Å². The molecular formula is C27H28ClN3O4S. The van der Waals surface area contributed by atoms with Crippen LogP contribution in [-0.2, 0) is 32.7 Å². The Morgan fingerprint density at radius 2 is 1.44 bits per heavy atom. The number of sulfonamides is 1. The lowest BCUT2D eigenvalue weighted by Crippen LogP contribution is -2.39. The third-order valence-electron chi connectivity index (χ3n) is 6.47. The molecule has 0 aromatic heterocycles. The first-order valence-corrected chi connectivity index (χ1v) is 13.7. The Labute approximate surface area is 216 Å². The van der Waals surface area contributed by atoms with Crippen molar-refractivity contribution in [2.75, 3.05) is 0 Å². The van der Waals surface area contributed by atoms with Crippen molar-refractivity contribution in [2.45, 2.75) is 37.2 Å². The quantitative estimate of drug-likeness (QED) is 0.412. The molecule has 36 heavy (non-hydrogen) atoms. The highest BCUT2D eigenvalue weighted by Gasteiger charge is 2.37. The van der Waals surface area contributed by atoms with Crippen LogP contribution in [0.3, 0.4) is 0 Å². The molecule has 1 aliphatic carbocycles. The molecular weight excluding hydrogens is 498 g/mol. The van der Waals surface area contributed by atoms with Crippen molar-refractivity contribution in [3.05, 3.63) is 88.9 Å². The number of nitrogens with two attached hydrogens (primary N) is 1. The molecule has 0 radical (unpaired) electrons. The summed E-state index contributed by atoms with van der Waals surface area (Å²) in [6.07, 6.45) is 2.17. The van der Waals surface area contributed by atoms with E-state index in [1.54, 1.807) is 42.5 Å². The maximum absolute atomic E-state index is 12.9. The number of amides is 2. The van der Waals surface area contributed by atoms with Gasteiger partial charge in [0.1, 0.15) is 0 Å². The minimum Gasteiger partial charge on any atom is -0.352 e. The molecule has 0 saturated heterocycles. The van der Waals surface area contributed by atoms with E-state index in [4.69, 9.17) is 16.7 Å². The largest absolute Gasteiger partial charge is 0.352 e. The minimum atomic E-state index is -3.85. The molecule has 3 aromatic rings. The van der Waals surface area contributed by atoms with Gasteiger partial charge < -0.3 is 10.6 Å². The van der Waals surface area contributed by atoms with Gasteiger partial charge in [0.05, 0.1) is 4.90 Å². The molecule has 188 valence electrons. The Morgan fingerprint density at radius 3 is 2.06 bits per heavy atom. The summed E-state index contributed by atoms with van der Waals surface area (Å²) in [5.74, 6) is -0.990. The van der Waals surface area contributed by atoms with Crippen LogP contribution in [0, 0.1) is 11.8 Å². The maximum atomic E-state index is 12.9. The van der Waals surface area contributed by atoms with E-state index < -0.39 is 10.0 Å². The second-order valence-corrected chi connectivity index (χ2v) is 10.9. The number of primary sulfonamides is 1. The molecule has 7 nitrogen and oxygen atoms in total. The van der Waals surface area contributed by atoms with Gasteiger partial charge in [0.25, 0.3) is 0 Å². The van der Waals surface area contributed by atoms with Crippen LogP contribution in [-0.4, -0.2) is 20.2 Å². The van der Waals surface area contributed by atoms with Crippen LogP contribution in [0.4, 0.5) is 0 Å². The third kappa shape index (κ3) is 6.32. The summed E-state index contributed by atoms with van der Waals surface area (Å²) in [6, 6.07) is 21.1.